The Hall–Kier alpha value is -1.35. The zero-order valence-electron chi connectivity index (χ0n) is 11.1. The highest BCUT2D eigenvalue weighted by molar-refractivity contribution is 6.01. The normalized spacial score (nSPS) is 26.9. The largest absolute Gasteiger partial charge is 0.487 e. The molecule has 1 saturated carbocycles. The molecule has 3 rings (SSSR count). The number of ketones is 1. The molecule has 1 N–H and O–H groups in total. The van der Waals surface area contributed by atoms with Crippen molar-refractivity contribution < 1.29 is 14.6 Å². The van der Waals surface area contributed by atoms with E-state index in [0.29, 0.717) is 6.42 Å². The number of hydrogen-bond acceptors (Lipinski definition) is 3. The first-order valence-corrected chi connectivity index (χ1v) is 7.25. The molecule has 3 heteroatoms. The molecule has 1 aromatic rings. The predicted octanol–water partition coefficient (Wildman–Crippen LogP) is 2.89. The topological polar surface area (TPSA) is 46.5 Å². The van der Waals surface area contributed by atoms with Gasteiger partial charge in [-0.2, -0.15) is 0 Å². The summed E-state index contributed by atoms with van der Waals surface area (Å²) in [6.45, 7) is 0. The highest BCUT2D eigenvalue weighted by Crippen LogP contribution is 2.32. The third-order valence-electron chi connectivity index (χ3n) is 4.23. The summed E-state index contributed by atoms with van der Waals surface area (Å²) < 4.78 is 6.04. The molecule has 19 heavy (non-hydrogen) atoms. The van der Waals surface area contributed by atoms with Crippen LogP contribution < -0.4 is 4.74 Å². The Balaban J connectivity index is 1.81. The van der Waals surface area contributed by atoms with Gasteiger partial charge in [0.2, 0.25) is 0 Å². The first-order valence-electron chi connectivity index (χ1n) is 7.25. The molecule has 0 aromatic heterocycles. The maximum atomic E-state index is 11.7. The SMILES string of the molecule is O=C1CCc2c(OC3CCCCCC3O)cccc21. The third kappa shape index (κ3) is 2.52. The van der Waals surface area contributed by atoms with Crippen LogP contribution in [-0.2, 0) is 6.42 Å². The number of fused-ring (bicyclic) bond motifs is 1. The summed E-state index contributed by atoms with van der Waals surface area (Å²) >= 11 is 0. The summed E-state index contributed by atoms with van der Waals surface area (Å²) in [5.74, 6) is 1.01. The smallest absolute Gasteiger partial charge is 0.163 e. The van der Waals surface area contributed by atoms with E-state index in [1.165, 1.54) is 6.42 Å². The van der Waals surface area contributed by atoms with Crippen LogP contribution in [0, 0.1) is 0 Å². The van der Waals surface area contributed by atoms with Crippen molar-refractivity contribution in [3.8, 4) is 5.75 Å². The summed E-state index contributed by atoms with van der Waals surface area (Å²) in [6, 6.07) is 5.68. The van der Waals surface area contributed by atoms with Gasteiger partial charge in [-0.15, -0.1) is 0 Å². The molecule has 0 spiro atoms. The van der Waals surface area contributed by atoms with E-state index in [0.717, 1.165) is 49.0 Å². The Bertz CT molecular complexity index is 481. The molecule has 0 heterocycles. The minimum Gasteiger partial charge on any atom is -0.487 e. The molecule has 1 fully saturated rings. The number of aliphatic hydroxyl groups is 1. The van der Waals surface area contributed by atoms with Gasteiger partial charge in [-0.25, -0.2) is 0 Å². The van der Waals surface area contributed by atoms with Crippen LogP contribution in [0.3, 0.4) is 0 Å². The number of benzene rings is 1. The minimum atomic E-state index is -0.379. The molecule has 2 unspecified atom stereocenters. The predicted molar refractivity (Wildman–Crippen MR) is 72.6 cm³/mol. The Labute approximate surface area is 113 Å². The molecule has 0 saturated heterocycles. The molecule has 0 aliphatic heterocycles. The summed E-state index contributed by atoms with van der Waals surface area (Å²) in [5, 5.41) is 10.1. The molecule has 0 amide bonds. The number of hydrogen-bond donors (Lipinski definition) is 1. The van der Waals surface area contributed by atoms with E-state index in [4.69, 9.17) is 4.74 Å². The highest BCUT2D eigenvalue weighted by atomic mass is 16.5. The van der Waals surface area contributed by atoms with Gasteiger partial charge in [0.05, 0.1) is 6.10 Å². The first kappa shape index (κ1) is 12.7. The quantitative estimate of drug-likeness (QED) is 0.832. The van der Waals surface area contributed by atoms with E-state index in [1.54, 1.807) is 0 Å². The number of rotatable bonds is 2. The van der Waals surface area contributed by atoms with Crippen molar-refractivity contribution in [2.24, 2.45) is 0 Å². The van der Waals surface area contributed by atoms with Crippen molar-refractivity contribution in [1.82, 2.24) is 0 Å². The summed E-state index contributed by atoms with van der Waals surface area (Å²) in [6.07, 6.45) is 5.93. The summed E-state index contributed by atoms with van der Waals surface area (Å²) in [5.41, 5.74) is 1.84. The minimum absolute atomic E-state index is 0.121. The molecule has 0 bridgehead atoms. The van der Waals surface area contributed by atoms with Gasteiger partial charge in [-0.3, -0.25) is 4.79 Å². The van der Waals surface area contributed by atoms with E-state index in [-0.39, 0.29) is 18.0 Å². The molecule has 102 valence electrons. The van der Waals surface area contributed by atoms with Crippen LogP contribution in [0.15, 0.2) is 18.2 Å². The van der Waals surface area contributed by atoms with Crippen molar-refractivity contribution in [2.45, 2.75) is 57.2 Å². The van der Waals surface area contributed by atoms with Gasteiger partial charge >= 0.3 is 0 Å². The van der Waals surface area contributed by atoms with Crippen molar-refractivity contribution in [3.05, 3.63) is 29.3 Å². The van der Waals surface area contributed by atoms with E-state index in [1.807, 2.05) is 18.2 Å². The average molecular weight is 260 g/mol. The van der Waals surface area contributed by atoms with Gasteiger partial charge in [0.25, 0.3) is 0 Å². The maximum absolute atomic E-state index is 11.7. The van der Waals surface area contributed by atoms with Crippen molar-refractivity contribution in [1.29, 1.82) is 0 Å². The van der Waals surface area contributed by atoms with E-state index in [2.05, 4.69) is 0 Å². The molecule has 2 aliphatic carbocycles. The first-order chi connectivity index (χ1) is 9.25. The third-order valence-corrected chi connectivity index (χ3v) is 4.23. The van der Waals surface area contributed by atoms with Crippen LogP contribution >= 0.6 is 0 Å². The highest BCUT2D eigenvalue weighted by Gasteiger charge is 2.27. The Morgan fingerprint density at radius 2 is 1.95 bits per heavy atom. The van der Waals surface area contributed by atoms with E-state index >= 15 is 0 Å². The number of carbonyl (C=O) groups excluding carboxylic acids is 1. The molecular formula is C16H20O3. The lowest BCUT2D eigenvalue weighted by atomic mass is 10.1. The summed E-state index contributed by atoms with van der Waals surface area (Å²) in [4.78, 5) is 11.7. The Morgan fingerprint density at radius 3 is 2.84 bits per heavy atom. The second-order valence-corrected chi connectivity index (χ2v) is 5.57. The molecule has 0 radical (unpaired) electrons. The van der Waals surface area contributed by atoms with Gasteiger partial charge in [0.1, 0.15) is 11.9 Å². The number of aliphatic hydroxyl groups excluding tert-OH is 1. The van der Waals surface area contributed by atoms with Crippen LogP contribution in [-0.4, -0.2) is 23.1 Å². The second kappa shape index (κ2) is 5.33. The standard InChI is InChI=1S/C16H20O3/c17-13-10-9-12-11(13)5-4-8-15(12)19-16-7-3-1-2-6-14(16)18/h4-5,8,14,16,18H,1-3,6-7,9-10H2. The van der Waals surface area contributed by atoms with E-state index in [9.17, 15) is 9.90 Å². The Morgan fingerprint density at radius 1 is 1.11 bits per heavy atom. The number of Topliss-reactive ketones (excluding diaryl/α,β-unsaturated/α-hetero) is 1. The lowest BCUT2D eigenvalue weighted by Crippen LogP contribution is -2.30. The molecule has 3 nitrogen and oxygen atoms in total. The summed E-state index contributed by atoms with van der Waals surface area (Å²) in [7, 11) is 0. The fraction of sp³-hybridized carbons (Fsp3) is 0.562. The van der Waals surface area contributed by atoms with Crippen molar-refractivity contribution in [2.75, 3.05) is 0 Å². The molecule has 2 aliphatic rings. The van der Waals surface area contributed by atoms with Crippen LogP contribution in [0.2, 0.25) is 0 Å². The van der Waals surface area contributed by atoms with Gasteiger partial charge in [-0.1, -0.05) is 25.0 Å². The van der Waals surface area contributed by atoms with Gasteiger partial charge in [0.15, 0.2) is 5.78 Å². The monoisotopic (exact) mass is 260 g/mol. The second-order valence-electron chi connectivity index (χ2n) is 5.57. The Kier molecular flexibility index (Phi) is 3.56. The van der Waals surface area contributed by atoms with Gasteiger partial charge in [-0.05, 0) is 31.7 Å². The number of carbonyl (C=O) groups is 1. The maximum Gasteiger partial charge on any atom is 0.163 e. The number of ether oxygens (including phenoxy) is 1. The van der Waals surface area contributed by atoms with E-state index < -0.39 is 0 Å². The van der Waals surface area contributed by atoms with Crippen LogP contribution in [0.4, 0.5) is 0 Å². The molecule has 2 atom stereocenters. The lowest BCUT2D eigenvalue weighted by molar-refractivity contribution is 0.0315. The lowest BCUT2D eigenvalue weighted by Gasteiger charge is -2.23. The zero-order valence-corrected chi connectivity index (χ0v) is 11.1. The fourth-order valence-corrected chi connectivity index (χ4v) is 3.12. The molecule has 1 aromatic carbocycles. The van der Waals surface area contributed by atoms with Gasteiger partial charge in [0, 0.05) is 17.5 Å². The fourth-order valence-electron chi connectivity index (χ4n) is 3.12. The average Bonchev–Trinajstić information content (AvgIpc) is 2.67. The van der Waals surface area contributed by atoms with Crippen molar-refractivity contribution in [3.63, 3.8) is 0 Å². The van der Waals surface area contributed by atoms with Gasteiger partial charge < -0.3 is 9.84 Å². The van der Waals surface area contributed by atoms with Crippen molar-refractivity contribution >= 4 is 5.78 Å². The van der Waals surface area contributed by atoms with Crippen LogP contribution in [0.1, 0.15) is 54.4 Å². The molecular weight excluding hydrogens is 240 g/mol. The van der Waals surface area contributed by atoms with Crippen LogP contribution in [0.5, 0.6) is 5.75 Å². The zero-order chi connectivity index (χ0) is 13.2. The van der Waals surface area contributed by atoms with Crippen LogP contribution in [0.25, 0.3) is 0 Å².